The van der Waals surface area contributed by atoms with Gasteiger partial charge in [-0.1, -0.05) is 0 Å². The third kappa shape index (κ3) is 9.96. The fourth-order valence-corrected chi connectivity index (χ4v) is 2.01. The molecule has 0 aliphatic carbocycles. The SMILES string of the molecule is C[C@@H](O)[C@H](NC(=O)[C@H](CC(N)=O)NC(=O)[C@@H](N)CCCNC(=N)N)C(=O)O. The molecule has 0 saturated heterocycles. The Bertz CT molecular complexity index is 568. The summed E-state index contributed by atoms with van der Waals surface area (Å²) in [5, 5.41) is 32.2. The molecule has 13 nitrogen and oxygen atoms in total. The molecule has 27 heavy (non-hydrogen) atoms. The van der Waals surface area contributed by atoms with E-state index in [4.69, 9.17) is 27.7 Å². The zero-order chi connectivity index (χ0) is 21.1. The third-order valence-electron chi connectivity index (χ3n) is 3.43. The van der Waals surface area contributed by atoms with Gasteiger partial charge in [-0.2, -0.15) is 0 Å². The summed E-state index contributed by atoms with van der Waals surface area (Å²) < 4.78 is 0. The van der Waals surface area contributed by atoms with Crippen LogP contribution in [0.3, 0.4) is 0 Å². The third-order valence-corrected chi connectivity index (χ3v) is 3.43. The molecular formula is C14H27N7O6. The van der Waals surface area contributed by atoms with Crippen LogP contribution in [-0.4, -0.2) is 70.6 Å². The number of carbonyl (C=O) groups is 4. The van der Waals surface area contributed by atoms with Crippen LogP contribution < -0.4 is 33.2 Å². The molecule has 0 aliphatic rings. The van der Waals surface area contributed by atoms with Gasteiger partial charge in [0.05, 0.1) is 18.6 Å². The topological polar surface area (TPSA) is 247 Å². The number of rotatable bonds is 12. The summed E-state index contributed by atoms with van der Waals surface area (Å²) in [5.74, 6) is -4.36. The van der Waals surface area contributed by atoms with E-state index in [1.165, 1.54) is 0 Å². The second kappa shape index (κ2) is 11.6. The van der Waals surface area contributed by atoms with Crippen molar-refractivity contribution in [2.24, 2.45) is 17.2 Å². The molecule has 0 bridgehead atoms. The van der Waals surface area contributed by atoms with Gasteiger partial charge in [0.2, 0.25) is 17.7 Å². The fourth-order valence-electron chi connectivity index (χ4n) is 2.01. The predicted octanol–water partition coefficient (Wildman–Crippen LogP) is -4.11. The summed E-state index contributed by atoms with van der Waals surface area (Å²) in [5.41, 5.74) is 15.9. The van der Waals surface area contributed by atoms with Gasteiger partial charge in [-0.05, 0) is 19.8 Å². The number of hydrogen-bond acceptors (Lipinski definition) is 7. The minimum atomic E-state index is -1.63. The van der Waals surface area contributed by atoms with Gasteiger partial charge in [0.1, 0.15) is 6.04 Å². The second-order valence-electron chi connectivity index (χ2n) is 5.89. The van der Waals surface area contributed by atoms with Gasteiger partial charge in [-0.15, -0.1) is 0 Å². The van der Waals surface area contributed by atoms with E-state index < -0.39 is 54.3 Å². The Kier molecular flexibility index (Phi) is 10.4. The lowest BCUT2D eigenvalue weighted by Crippen LogP contribution is -2.57. The number of aliphatic carboxylic acids is 1. The summed E-state index contributed by atoms with van der Waals surface area (Å²) in [4.78, 5) is 46.5. The molecule has 0 aromatic rings. The van der Waals surface area contributed by atoms with Gasteiger partial charge in [0.25, 0.3) is 0 Å². The maximum Gasteiger partial charge on any atom is 0.328 e. The van der Waals surface area contributed by atoms with E-state index in [1.807, 2.05) is 5.32 Å². The van der Waals surface area contributed by atoms with Crippen LogP contribution in [0.25, 0.3) is 0 Å². The Balaban J connectivity index is 4.86. The maximum atomic E-state index is 12.2. The minimum Gasteiger partial charge on any atom is -0.480 e. The zero-order valence-corrected chi connectivity index (χ0v) is 14.9. The number of carbonyl (C=O) groups excluding carboxylic acids is 3. The first-order chi connectivity index (χ1) is 12.5. The van der Waals surface area contributed by atoms with E-state index in [0.717, 1.165) is 6.92 Å². The Morgan fingerprint density at radius 2 is 1.70 bits per heavy atom. The fraction of sp³-hybridized carbons (Fsp3) is 0.643. The highest BCUT2D eigenvalue weighted by Crippen LogP contribution is 2.00. The molecule has 13 heteroatoms. The van der Waals surface area contributed by atoms with E-state index in [2.05, 4.69) is 10.6 Å². The van der Waals surface area contributed by atoms with E-state index >= 15 is 0 Å². The van der Waals surface area contributed by atoms with Crippen molar-refractivity contribution in [1.82, 2.24) is 16.0 Å². The lowest BCUT2D eigenvalue weighted by Gasteiger charge is -2.23. The van der Waals surface area contributed by atoms with Gasteiger partial charge in [0, 0.05) is 6.54 Å². The van der Waals surface area contributed by atoms with Crippen molar-refractivity contribution >= 4 is 29.7 Å². The Hall–Kier alpha value is -2.93. The Morgan fingerprint density at radius 3 is 2.15 bits per heavy atom. The largest absolute Gasteiger partial charge is 0.480 e. The second-order valence-corrected chi connectivity index (χ2v) is 5.89. The molecule has 154 valence electrons. The summed E-state index contributed by atoms with van der Waals surface area (Å²) in [6.45, 7) is 1.47. The number of amides is 3. The average Bonchev–Trinajstić information content (AvgIpc) is 2.54. The van der Waals surface area contributed by atoms with Gasteiger partial charge in [-0.3, -0.25) is 19.8 Å². The predicted molar refractivity (Wildman–Crippen MR) is 94.1 cm³/mol. The Labute approximate surface area is 155 Å². The van der Waals surface area contributed by atoms with Crippen molar-refractivity contribution in [2.75, 3.05) is 6.54 Å². The molecule has 0 saturated carbocycles. The molecular weight excluding hydrogens is 362 g/mol. The first-order valence-electron chi connectivity index (χ1n) is 8.09. The number of nitrogens with two attached hydrogens (primary N) is 3. The summed E-state index contributed by atoms with van der Waals surface area (Å²) in [6, 6.07) is -4.10. The van der Waals surface area contributed by atoms with Crippen LogP contribution in [0.15, 0.2) is 0 Å². The molecule has 3 amide bonds. The molecule has 0 rings (SSSR count). The number of primary amides is 1. The number of hydrogen-bond donors (Lipinski definition) is 9. The van der Waals surface area contributed by atoms with Crippen molar-refractivity contribution in [1.29, 1.82) is 5.41 Å². The first-order valence-corrected chi connectivity index (χ1v) is 8.09. The highest BCUT2D eigenvalue weighted by molar-refractivity contribution is 5.94. The van der Waals surface area contributed by atoms with E-state index in [1.54, 1.807) is 0 Å². The van der Waals surface area contributed by atoms with Crippen molar-refractivity contribution in [3.63, 3.8) is 0 Å². The van der Waals surface area contributed by atoms with E-state index in [9.17, 15) is 24.3 Å². The van der Waals surface area contributed by atoms with Crippen molar-refractivity contribution in [3.8, 4) is 0 Å². The average molecular weight is 389 g/mol. The Morgan fingerprint density at radius 1 is 1.11 bits per heavy atom. The summed E-state index contributed by atoms with van der Waals surface area (Å²) >= 11 is 0. The zero-order valence-electron chi connectivity index (χ0n) is 14.9. The molecule has 0 aliphatic heterocycles. The van der Waals surface area contributed by atoms with Crippen LogP contribution in [0.5, 0.6) is 0 Å². The molecule has 0 heterocycles. The number of guanidine groups is 1. The minimum absolute atomic E-state index is 0.197. The highest BCUT2D eigenvalue weighted by Gasteiger charge is 2.31. The number of nitrogens with one attached hydrogen (secondary N) is 4. The lowest BCUT2D eigenvalue weighted by atomic mass is 10.1. The van der Waals surface area contributed by atoms with Crippen LogP contribution in [0.1, 0.15) is 26.2 Å². The lowest BCUT2D eigenvalue weighted by molar-refractivity contribution is -0.145. The van der Waals surface area contributed by atoms with Crippen molar-refractivity contribution in [2.45, 2.75) is 50.4 Å². The van der Waals surface area contributed by atoms with E-state index in [-0.39, 0.29) is 12.4 Å². The van der Waals surface area contributed by atoms with Gasteiger partial charge >= 0.3 is 5.97 Å². The van der Waals surface area contributed by atoms with Crippen LogP contribution >= 0.6 is 0 Å². The van der Waals surface area contributed by atoms with Crippen LogP contribution in [-0.2, 0) is 19.2 Å². The molecule has 0 spiro atoms. The molecule has 0 aromatic carbocycles. The molecule has 12 N–H and O–H groups in total. The molecule has 0 unspecified atom stereocenters. The van der Waals surface area contributed by atoms with Crippen LogP contribution in [0.4, 0.5) is 0 Å². The quantitative estimate of drug-likeness (QED) is 0.0892. The van der Waals surface area contributed by atoms with Crippen molar-refractivity contribution in [3.05, 3.63) is 0 Å². The summed E-state index contributed by atoms with van der Waals surface area (Å²) in [7, 11) is 0. The number of carboxylic acids is 1. The number of aliphatic hydroxyl groups is 1. The van der Waals surface area contributed by atoms with Crippen LogP contribution in [0, 0.1) is 5.41 Å². The van der Waals surface area contributed by atoms with Gasteiger partial charge < -0.3 is 43.4 Å². The molecule has 0 fully saturated rings. The summed E-state index contributed by atoms with van der Waals surface area (Å²) in [6.07, 6.45) is -1.39. The standard InChI is InChI=1S/C14H27N7O6/c1-6(22)10(13(26)27)21-12(25)8(5-9(16)23)20-11(24)7(15)3-2-4-19-14(17)18/h6-8,10,22H,2-5,15H2,1H3,(H2,16,23)(H,20,24)(H,21,25)(H,26,27)(H4,17,18,19)/t6-,7+,8+,10+/m1/s1. The molecule has 4 atom stereocenters. The maximum absolute atomic E-state index is 12.2. The molecule has 0 aromatic heterocycles. The number of carboxylic acid groups (broad SMARTS) is 1. The normalized spacial score (nSPS) is 14.9. The van der Waals surface area contributed by atoms with Crippen LogP contribution in [0.2, 0.25) is 0 Å². The first kappa shape index (κ1) is 24.1. The van der Waals surface area contributed by atoms with Gasteiger partial charge in [0.15, 0.2) is 12.0 Å². The number of aliphatic hydroxyl groups excluding tert-OH is 1. The molecule has 0 radical (unpaired) electrons. The monoisotopic (exact) mass is 389 g/mol. The van der Waals surface area contributed by atoms with Gasteiger partial charge in [-0.25, -0.2) is 4.79 Å². The smallest absolute Gasteiger partial charge is 0.328 e. The highest BCUT2D eigenvalue weighted by atomic mass is 16.4. The van der Waals surface area contributed by atoms with E-state index in [0.29, 0.717) is 13.0 Å². The van der Waals surface area contributed by atoms with Crippen molar-refractivity contribution < 1.29 is 29.4 Å².